The van der Waals surface area contributed by atoms with Gasteiger partial charge in [-0.1, -0.05) is 53.1 Å². The standard InChI is InChI=1S/C13H34OSi4/c1-11-13(12-2)14-16(5,6)18(9,10)17(7,8)15(13,3)4/h11-12H2,1-10H3. The Kier molecular flexibility index (Phi) is 4.14. The Hall–Kier alpha value is 0.828. The first kappa shape index (κ1) is 16.9. The van der Waals surface area contributed by atoms with Gasteiger partial charge in [0.25, 0.3) is 0 Å². The van der Waals surface area contributed by atoms with Crippen LogP contribution in [-0.4, -0.2) is 34.9 Å². The Morgan fingerprint density at radius 3 is 1.44 bits per heavy atom. The van der Waals surface area contributed by atoms with Gasteiger partial charge in [0.2, 0.25) is 0 Å². The molecule has 0 aliphatic carbocycles. The van der Waals surface area contributed by atoms with Gasteiger partial charge in [-0.2, -0.15) is 0 Å². The lowest BCUT2D eigenvalue weighted by molar-refractivity contribution is 0.131. The maximum atomic E-state index is 7.02. The fraction of sp³-hybridized carbons (Fsp3) is 1.00. The number of hydrogen-bond acceptors (Lipinski definition) is 1. The van der Waals surface area contributed by atoms with Crippen LogP contribution in [-0.2, 0) is 4.43 Å². The summed E-state index contributed by atoms with van der Waals surface area (Å²) in [6.07, 6.45) is 2.47. The van der Waals surface area contributed by atoms with Crippen molar-refractivity contribution in [2.45, 2.75) is 84.3 Å². The lowest BCUT2D eigenvalue weighted by atomic mass is 10.2. The highest BCUT2D eigenvalue weighted by molar-refractivity contribution is 7.83. The molecule has 1 heterocycles. The number of hydrogen-bond donors (Lipinski definition) is 0. The molecule has 0 aromatic carbocycles. The molecule has 18 heavy (non-hydrogen) atoms. The van der Waals surface area contributed by atoms with Crippen molar-refractivity contribution in [3.63, 3.8) is 0 Å². The van der Waals surface area contributed by atoms with E-state index in [2.05, 4.69) is 66.2 Å². The fourth-order valence-electron chi connectivity index (χ4n) is 4.13. The van der Waals surface area contributed by atoms with Crippen LogP contribution in [0.15, 0.2) is 0 Å². The van der Waals surface area contributed by atoms with Gasteiger partial charge in [0.05, 0.1) is 14.7 Å². The summed E-state index contributed by atoms with van der Waals surface area (Å²) in [5.41, 5.74) is 0. The van der Waals surface area contributed by atoms with Gasteiger partial charge in [-0.05, 0) is 25.9 Å². The molecule has 1 aliphatic heterocycles. The molecule has 1 rings (SSSR count). The monoisotopic (exact) mass is 318 g/mol. The molecule has 0 saturated carbocycles. The summed E-state index contributed by atoms with van der Waals surface area (Å²) < 4.78 is 7.02. The summed E-state index contributed by atoms with van der Waals surface area (Å²) in [5.74, 6) is 0. The van der Waals surface area contributed by atoms with Gasteiger partial charge in [-0.3, -0.25) is 0 Å². The quantitative estimate of drug-likeness (QED) is 0.672. The first-order valence-electron chi connectivity index (χ1n) is 7.53. The van der Waals surface area contributed by atoms with Crippen LogP contribution in [0.4, 0.5) is 0 Å². The van der Waals surface area contributed by atoms with E-state index in [-0.39, 0.29) is 5.22 Å². The highest BCUT2D eigenvalue weighted by Gasteiger charge is 2.70. The van der Waals surface area contributed by atoms with Crippen molar-refractivity contribution in [3.8, 4) is 0 Å². The molecule has 0 bridgehead atoms. The third-order valence-electron chi connectivity index (χ3n) is 7.36. The van der Waals surface area contributed by atoms with Crippen LogP contribution in [0.2, 0.25) is 52.4 Å². The second-order valence-corrected chi connectivity index (χ2v) is 47.4. The zero-order valence-electron chi connectivity index (χ0n) is 14.3. The van der Waals surface area contributed by atoms with Gasteiger partial charge in [0.1, 0.15) is 0 Å². The Morgan fingerprint density at radius 2 is 1.11 bits per heavy atom. The summed E-state index contributed by atoms with van der Waals surface area (Å²) in [6, 6.07) is 0. The Bertz CT molecular complexity index is 318. The predicted molar refractivity (Wildman–Crippen MR) is 94.3 cm³/mol. The van der Waals surface area contributed by atoms with E-state index in [1.165, 1.54) is 12.8 Å². The largest absolute Gasteiger partial charge is 0.418 e. The summed E-state index contributed by atoms with van der Waals surface area (Å²) in [6.45, 7) is 25.9. The van der Waals surface area contributed by atoms with E-state index in [1.807, 2.05) is 0 Å². The minimum Gasteiger partial charge on any atom is -0.418 e. The molecule has 0 aromatic rings. The topological polar surface area (TPSA) is 9.23 Å². The molecule has 1 aliphatic rings. The minimum absolute atomic E-state index is 0.279. The maximum Gasteiger partial charge on any atom is 0.171 e. The summed E-state index contributed by atoms with van der Waals surface area (Å²) in [5, 5.41) is 0.279. The zero-order chi connectivity index (χ0) is 14.6. The highest BCUT2D eigenvalue weighted by Crippen LogP contribution is 2.50. The highest BCUT2D eigenvalue weighted by atomic mass is 29.8. The maximum absolute atomic E-state index is 7.02. The third kappa shape index (κ3) is 1.77. The van der Waals surface area contributed by atoms with E-state index in [4.69, 9.17) is 4.43 Å². The third-order valence-corrected chi connectivity index (χ3v) is 74.8. The molecule has 0 unspecified atom stereocenters. The second-order valence-electron chi connectivity index (χ2n) is 8.19. The molecule has 1 nitrogen and oxygen atoms in total. The molecule has 1 saturated heterocycles. The van der Waals surface area contributed by atoms with Gasteiger partial charge in [0, 0.05) is 12.3 Å². The normalized spacial score (nSPS) is 31.0. The molecule has 0 spiro atoms. The molecular formula is C13H34OSi4. The SMILES string of the molecule is CCC1(CC)O[Si](C)(C)[Si](C)(C)[Si](C)(C)[Si]1(C)C. The van der Waals surface area contributed by atoms with Crippen LogP contribution in [0.1, 0.15) is 26.7 Å². The summed E-state index contributed by atoms with van der Waals surface area (Å²) in [4.78, 5) is 0. The first-order chi connectivity index (χ1) is 7.83. The van der Waals surface area contributed by atoms with Gasteiger partial charge in [-0.15, -0.1) is 0 Å². The minimum atomic E-state index is -1.48. The van der Waals surface area contributed by atoms with E-state index < -0.39 is 29.6 Å². The average Bonchev–Trinajstić information content (AvgIpc) is 2.23. The Morgan fingerprint density at radius 1 is 0.722 bits per heavy atom. The Labute approximate surface area is 118 Å². The van der Waals surface area contributed by atoms with E-state index in [1.54, 1.807) is 0 Å². The lowest BCUT2D eigenvalue weighted by Gasteiger charge is -2.67. The molecular weight excluding hydrogens is 284 g/mol. The molecule has 108 valence electrons. The summed E-state index contributed by atoms with van der Waals surface area (Å²) >= 11 is 0. The van der Waals surface area contributed by atoms with Crippen molar-refractivity contribution in [1.29, 1.82) is 0 Å². The molecule has 1 fully saturated rings. The predicted octanol–water partition coefficient (Wildman–Crippen LogP) is 4.68. The van der Waals surface area contributed by atoms with Gasteiger partial charge < -0.3 is 4.43 Å². The van der Waals surface area contributed by atoms with Crippen LogP contribution in [0.5, 0.6) is 0 Å². The van der Waals surface area contributed by atoms with Crippen molar-refractivity contribution >= 4 is 29.6 Å². The van der Waals surface area contributed by atoms with Crippen LogP contribution < -0.4 is 0 Å². The van der Waals surface area contributed by atoms with Gasteiger partial charge >= 0.3 is 0 Å². The average molecular weight is 319 g/mol. The van der Waals surface area contributed by atoms with Crippen LogP contribution in [0.25, 0.3) is 0 Å². The van der Waals surface area contributed by atoms with Crippen LogP contribution >= 0.6 is 0 Å². The first-order valence-corrected chi connectivity index (χ1v) is 22.4. The van der Waals surface area contributed by atoms with Crippen molar-refractivity contribution in [3.05, 3.63) is 0 Å². The van der Waals surface area contributed by atoms with E-state index in [0.29, 0.717) is 0 Å². The van der Waals surface area contributed by atoms with Crippen LogP contribution in [0.3, 0.4) is 0 Å². The molecule has 0 atom stereocenters. The molecule has 5 heteroatoms. The van der Waals surface area contributed by atoms with Crippen molar-refractivity contribution in [1.82, 2.24) is 0 Å². The van der Waals surface area contributed by atoms with Crippen LogP contribution in [0, 0.1) is 0 Å². The van der Waals surface area contributed by atoms with Gasteiger partial charge in [0.15, 0.2) is 7.83 Å². The zero-order valence-corrected chi connectivity index (χ0v) is 18.3. The van der Waals surface area contributed by atoms with Crippen molar-refractivity contribution in [2.75, 3.05) is 0 Å². The van der Waals surface area contributed by atoms with E-state index in [9.17, 15) is 0 Å². The van der Waals surface area contributed by atoms with E-state index in [0.717, 1.165) is 0 Å². The fourth-order valence-corrected chi connectivity index (χ4v) is 75.9. The smallest absolute Gasteiger partial charge is 0.171 e. The molecule has 0 radical (unpaired) electrons. The van der Waals surface area contributed by atoms with Crippen molar-refractivity contribution < 1.29 is 4.43 Å². The molecule has 0 aromatic heterocycles. The summed E-state index contributed by atoms with van der Waals surface area (Å²) in [7, 11) is -5.12. The van der Waals surface area contributed by atoms with E-state index >= 15 is 0 Å². The van der Waals surface area contributed by atoms with Crippen molar-refractivity contribution in [2.24, 2.45) is 0 Å². The molecule has 0 N–H and O–H groups in total. The Balaban J connectivity index is 3.51. The lowest BCUT2D eigenvalue weighted by Crippen LogP contribution is -2.90. The van der Waals surface area contributed by atoms with Gasteiger partial charge in [-0.25, -0.2) is 0 Å². The second kappa shape index (κ2) is 4.41. The number of rotatable bonds is 2. The molecule has 0 amide bonds.